The topological polar surface area (TPSA) is 46.9 Å². The van der Waals surface area contributed by atoms with E-state index >= 15 is 0 Å². The number of rotatable bonds is 5. The number of hydrogen-bond donors (Lipinski definition) is 1. The van der Waals surface area contributed by atoms with Crippen LogP contribution in [0.1, 0.15) is 29.8 Å². The van der Waals surface area contributed by atoms with Gasteiger partial charge in [0.1, 0.15) is 5.82 Å². The summed E-state index contributed by atoms with van der Waals surface area (Å²) in [6.07, 6.45) is 2.07. The molecule has 4 nitrogen and oxygen atoms in total. The van der Waals surface area contributed by atoms with Gasteiger partial charge in [-0.15, -0.1) is 0 Å². The molecule has 4 aromatic rings. The van der Waals surface area contributed by atoms with E-state index in [0.29, 0.717) is 6.42 Å². The van der Waals surface area contributed by atoms with E-state index in [1.165, 1.54) is 12.1 Å². The molecule has 146 valence electrons. The van der Waals surface area contributed by atoms with E-state index in [0.717, 1.165) is 33.3 Å². The molecule has 1 aromatic heterocycles. The van der Waals surface area contributed by atoms with Crippen molar-refractivity contribution in [3.05, 3.63) is 95.6 Å². The third kappa shape index (κ3) is 3.90. The Kier molecular flexibility index (Phi) is 5.12. The van der Waals surface area contributed by atoms with Crippen LogP contribution in [0.15, 0.2) is 72.9 Å². The molecule has 1 amide bonds. The molecule has 0 aliphatic heterocycles. The molecule has 0 spiro atoms. The Morgan fingerprint density at radius 3 is 2.59 bits per heavy atom. The van der Waals surface area contributed by atoms with Crippen molar-refractivity contribution < 1.29 is 9.18 Å². The van der Waals surface area contributed by atoms with E-state index in [2.05, 4.69) is 10.4 Å². The van der Waals surface area contributed by atoms with Gasteiger partial charge in [-0.2, -0.15) is 5.10 Å². The van der Waals surface area contributed by atoms with Crippen molar-refractivity contribution in [3.63, 3.8) is 0 Å². The third-order valence-electron chi connectivity index (χ3n) is 5.19. The largest absolute Gasteiger partial charge is 0.349 e. The molecule has 1 unspecified atom stereocenters. The first-order valence-electron chi connectivity index (χ1n) is 9.59. The zero-order valence-electron chi connectivity index (χ0n) is 16.4. The van der Waals surface area contributed by atoms with Crippen molar-refractivity contribution in [2.24, 2.45) is 0 Å². The molecule has 3 aromatic carbocycles. The summed E-state index contributed by atoms with van der Waals surface area (Å²) in [5.41, 5.74) is 3.63. The molecule has 29 heavy (non-hydrogen) atoms. The lowest BCUT2D eigenvalue weighted by molar-refractivity contribution is -0.121. The second kappa shape index (κ2) is 7.87. The number of hydrogen-bond acceptors (Lipinski definition) is 2. The minimum atomic E-state index is -0.284. The summed E-state index contributed by atoms with van der Waals surface area (Å²) in [5, 5.41) is 9.71. The molecular weight excluding hydrogens is 365 g/mol. The predicted octanol–water partition coefficient (Wildman–Crippen LogP) is 4.89. The Balaban J connectivity index is 1.50. The van der Waals surface area contributed by atoms with Crippen molar-refractivity contribution in [2.75, 3.05) is 0 Å². The smallest absolute Gasteiger partial charge is 0.224 e. The Labute approximate surface area is 169 Å². The van der Waals surface area contributed by atoms with Crippen LogP contribution in [0.25, 0.3) is 16.5 Å². The van der Waals surface area contributed by atoms with E-state index in [9.17, 15) is 9.18 Å². The summed E-state index contributed by atoms with van der Waals surface area (Å²) in [6, 6.07) is 20.1. The summed E-state index contributed by atoms with van der Waals surface area (Å²) in [6.45, 7) is 3.89. The molecule has 5 heteroatoms. The Hall–Kier alpha value is -3.47. The first-order chi connectivity index (χ1) is 14.0. The molecule has 0 aliphatic carbocycles. The van der Waals surface area contributed by atoms with Gasteiger partial charge in [-0.3, -0.25) is 4.79 Å². The molecule has 1 N–H and O–H groups in total. The first kappa shape index (κ1) is 18.9. The monoisotopic (exact) mass is 387 g/mol. The van der Waals surface area contributed by atoms with Crippen molar-refractivity contribution in [3.8, 4) is 5.69 Å². The Bertz CT molecular complexity index is 1160. The third-order valence-corrected chi connectivity index (χ3v) is 5.19. The van der Waals surface area contributed by atoms with Crippen LogP contribution < -0.4 is 5.32 Å². The maximum absolute atomic E-state index is 13.2. The fourth-order valence-corrected chi connectivity index (χ4v) is 3.68. The quantitative estimate of drug-likeness (QED) is 0.530. The van der Waals surface area contributed by atoms with Crippen LogP contribution >= 0.6 is 0 Å². The maximum atomic E-state index is 13.2. The zero-order valence-corrected chi connectivity index (χ0v) is 16.4. The molecule has 0 bridgehead atoms. The second-order valence-electron chi connectivity index (χ2n) is 7.18. The molecule has 0 fully saturated rings. The number of nitrogens with zero attached hydrogens (tertiary/aromatic N) is 2. The van der Waals surface area contributed by atoms with Crippen molar-refractivity contribution >= 4 is 16.7 Å². The molecule has 0 saturated carbocycles. The van der Waals surface area contributed by atoms with Crippen LogP contribution in [0, 0.1) is 12.7 Å². The van der Waals surface area contributed by atoms with E-state index in [1.807, 2.05) is 56.3 Å². The highest BCUT2D eigenvalue weighted by atomic mass is 19.1. The second-order valence-corrected chi connectivity index (χ2v) is 7.18. The highest BCUT2D eigenvalue weighted by molar-refractivity contribution is 5.90. The summed E-state index contributed by atoms with van der Waals surface area (Å²) in [5.74, 6) is -0.323. The minimum absolute atomic E-state index is 0.0391. The number of carbonyl (C=O) groups is 1. The van der Waals surface area contributed by atoms with Gasteiger partial charge < -0.3 is 5.32 Å². The number of benzene rings is 3. The molecule has 0 radical (unpaired) electrons. The number of amides is 1. The molecule has 1 atom stereocenters. The van der Waals surface area contributed by atoms with Crippen LogP contribution in [0.5, 0.6) is 0 Å². The van der Waals surface area contributed by atoms with Crippen molar-refractivity contribution in [2.45, 2.75) is 26.3 Å². The SMILES string of the molecule is Cc1c(C(C)NC(=O)Cc2cccc3ccccc23)cnn1-c1ccc(F)cc1. The van der Waals surface area contributed by atoms with Gasteiger partial charge in [0.15, 0.2) is 0 Å². The minimum Gasteiger partial charge on any atom is -0.349 e. The van der Waals surface area contributed by atoms with E-state index in [4.69, 9.17) is 0 Å². The lowest BCUT2D eigenvalue weighted by Gasteiger charge is -2.15. The molecular formula is C24H22FN3O. The number of aromatic nitrogens is 2. The highest BCUT2D eigenvalue weighted by Crippen LogP contribution is 2.22. The van der Waals surface area contributed by atoms with E-state index in [-0.39, 0.29) is 17.8 Å². The fourth-order valence-electron chi connectivity index (χ4n) is 3.68. The summed E-state index contributed by atoms with van der Waals surface area (Å²) < 4.78 is 14.9. The van der Waals surface area contributed by atoms with E-state index < -0.39 is 0 Å². The van der Waals surface area contributed by atoms with Crippen LogP contribution in [0.2, 0.25) is 0 Å². The maximum Gasteiger partial charge on any atom is 0.224 e. The molecule has 0 aliphatic rings. The first-order valence-corrected chi connectivity index (χ1v) is 9.59. The van der Waals surface area contributed by atoms with Crippen LogP contribution in [-0.2, 0) is 11.2 Å². The lowest BCUT2D eigenvalue weighted by atomic mass is 10.0. The number of fused-ring (bicyclic) bond motifs is 1. The van der Waals surface area contributed by atoms with Crippen molar-refractivity contribution in [1.29, 1.82) is 0 Å². The van der Waals surface area contributed by atoms with Gasteiger partial charge in [-0.05, 0) is 54.4 Å². The van der Waals surface area contributed by atoms with E-state index in [1.54, 1.807) is 23.0 Å². The van der Waals surface area contributed by atoms with Crippen LogP contribution in [-0.4, -0.2) is 15.7 Å². The van der Waals surface area contributed by atoms with Gasteiger partial charge in [-0.1, -0.05) is 42.5 Å². The molecule has 1 heterocycles. The van der Waals surface area contributed by atoms with Gasteiger partial charge in [0.25, 0.3) is 0 Å². The average molecular weight is 387 g/mol. The normalized spacial score (nSPS) is 12.1. The van der Waals surface area contributed by atoms with Gasteiger partial charge in [0.2, 0.25) is 5.91 Å². The molecule has 0 saturated heterocycles. The number of halogens is 1. The summed E-state index contributed by atoms with van der Waals surface area (Å²) >= 11 is 0. The highest BCUT2D eigenvalue weighted by Gasteiger charge is 2.17. The van der Waals surface area contributed by atoms with Crippen LogP contribution in [0.4, 0.5) is 4.39 Å². The Morgan fingerprint density at radius 2 is 1.79 bits per heavy atom. The fraction of sp³-hybridized carbons (Fsp3) is 0.167. The van der Waals surface area contributed by atoms with Gasteiger partial charge >= 0.3 is 0 Å². The number of nitrogens with one attached hydrogen (secondary N) is 1. The van der Waals surface area contributed by atoms with Gasteiger partial charge in [-0.25, -0.2) is 9.07 Å². The van der Waals surface area contributed by atoms with Crippen LogP contribution in [0.3, 0.4) is 0 Å². The zero-order chi connectivity index (χ0) is 20.4. The van der Waals surface area contributed by atoms with Gasteiger partial charge in [0.05, 0.1) is 24.3 Å². The van der Waals surface area contributed by atoms with Crippen molar-refractivity contribution in [1.82, 2.24) is 15.1 Å². The summed E-state index contributed by atoms with van der Waals surface area (Å²) in [4.78, 5) is 12.7. The Morgan fingerprint density at radius 1 is 1.07 bits per heavy atom. The predicted molar refractivity (Wildman–Crippen MR) is 112 cm³/mol. The number of carbonyl (C=O) groups excluding carboxylic acids is 1. The summed E-state index contributed by atoms with van der Waals surface area (Å²) in [7, 11) is 0. The lowest BCUT2D eigenvalue weighted by Crippen LogP contribution is -2.28. The molecule has 4 rings (SSSR count). The average Bonchev–Trinajstić information content (AvgIpc) is 3.10. The standard InChI is InChI=1S/C24H22FN3O/c1-16(23-15-26-28(17(23)2)21-12-10-20(25)11-13-21)27-24(29)14-19-8-5-7-18-6-3-4-9-22(18)19/h3-13,15-16H,14H2,1-2H3,(H,27,29). The van der Waals surface area contributed by atoms with Gasteiger partial charge in [0, 0.05) is 11.3 Å².